The number of carbonyl (C=O) groups is 5. The van der Waals surface area contributed by atoms with Crippen molar-refractivity contribution < 1.29 is 42.7 Å². The van der Waals surface area contributed by atoms with Crippen molar-refractivity contribution in [2.24, 2.45) is 0 Å². The molecule has 7 rings (SSSR count). The topological polar surface area (TPSA) is 208 Å². The lowest BCUT2D eigenvalue weighted by Crippen LogP contribution is -2.54. The van der Waals surface area contributed by atoms with Crippen LogP contribution in [-0.2, 0) is 24.5 Å². The highest BCUT2D eigenvalue weighted by molar-refractivity contribution is 6.25. The van der Waals surface area contributed by atoms with Crippen LogP contribution in [0.15, 0.2) is 77.6 Å². The Kier molecular flexibility index (Phi) is 11.3. The van der Waals surface area contributed by atoms with Crippen LogP contribution in [0.25, 0.3) is 16.7 Å². The fourth-order valence-electron chi connectivity index (χ4n) is 6.42. The van der Waals surface area contributed by atoms with Crippen LogP contribution >= 0.6 is 0 Å². The SMILES string of the molecule is CC(C)(C)c1cc(NC(=O)Nc2ccc(-n3cnc4cc(OCCOCCOCCNc5cccc6c5C(=O)N(C5CCC(=O)NC5=O)C6=O)ccc43)cc2)no1. The molecule has 4 N–H and O–H groups in total. The molecule has 1 fully saturated rings. The molecule has 3 aromatic carbocycles. The third-order valence-electron chi connectivity index (χ3n) is 9.31. The van der Waals surface area contributed by atoms with Gasteiger partial charge in [-0.1, -0.05) is 32.0 Å². The van der Waals surface area contributed by atoms with Crippen LogP contribution in [0.4, 0.5) is 22.0 Å². The van der Waals surface area contributed by atoms with E-state index in [2.05, 4.69) is 31.4 Å². The monoisotopic (exact) mass is 778 g/mol. The van der Waals surface area contributed by atoms with Gasteiger partial charge in [-0.2, -0.15) is 0 Å². The van der Waals surface area contributed by atoms with Crippen molar-refractivity contribution in [2.75, 3.05) is 55.5 Å². The number of hydrogen-bond donors (Lipinski definition) is 4. The minimum absolute atomic E-state index is 0.0568. The number of nitrogens with one attached hydrogen (secondary N) is 4. The molecular weight excluding hydrogens is 736 g/mol. The maximum Gasteiger partial charge on any atom is 0.324 e. The Hall–Kier alpha value is -6.59. The molecule has 1 unspecified atom stereocenters. The van der Waals surface area contributed by atoms with Crippen LogP contribution in [-0.4, -0.2) is 94.9 Å². The summed E-state index contributed by atoms with van der Waals surface area (Å²) in [7, 11) is 0. The minimum atomic E-state index is -1.02. The fourth-order valence-corrected chi connectivity index (χ4v) is 6.42. The van der Waals surface area contributed by atoms with E-state index in [1.165, 1.54) is 0 Å². The van der Waals surface area contributed by atoms with E-state index in [1.807, 2.05) is 55.7 Å². The molecule has 296 valence electrons. The van der Waals surface area contributed by atoms with E-state index >= 15 is 0 Å². The predicted molar refractivity (Wildman–Crippen MR) is 208 cm³/mol. The van der Waals surface area contributed by atoms with Gasteiger partial charge in [0.1, 0.15) is 30.5 Å². The van der Waals surface area contributed by atoms with Crippen LogP contribution in [0.2, 0.25) is 0 Å². The van der Waals surface area contributed by atoms with Gasteiger partial charge in [0.2, 0.25) is 11.8 Å². The molecule has 57 heavy (non-hydrogen) atoms. The van der Waals surface area contributed by atoms with Gasteiger partial charge in [-0.15, -0.1) is 0 Å². The molecule has 4 heterocycles. The molecule has 1 atom stereocenters. The summed E-state index contributed by atoms with van der Waals surface area (Å²) in [4.78, 5) is 68.1. The molecule has 0 bridgehead atoms. The third-order valence-corrected chi connectivity index (χ3v) is 9.31. The molecule has 0 radical (unpaired) electrons. The largest absolute Gasteiger partial charge is 0.491 e. The molecule has 0 saturated carbocycles. The summed E-state index contributed by atoms with van der Waals surface area (Å²) in [6.07, 6.45) is 1.88. The molecular formula is C40H42N8O9. The fraction of sp³-hybridized carbons (Fsp3) is 0.325. The van der Waals surface area contributed by atoms with Crippen molar-refractivity contribution in [3.05, 3.63) is 89.9 Å². The summed E-state index contributed by atoms with van der Waals surface area (Å²) in [6, 6.07) is 18.2. The maximum absolute atomic E-state index is 13.2. The molecule has 17 heteroatoms. The Morgan fingerprint density at radius 2 is 1.68 bits per heavy atom. The van der Waals surface area contributed by atoms with E-state index in [0.717, 1.165) is 21.6 Å². The highest BCUT2D eigenvalue weighted by Crippen LogP contribution is 2.32. The lowest BCUT2D eigenvalue weighted by molar-refractivity contribution is -0.136. The number of carbonyl (C=O) groups excluding carboxylic acids is 5. The molecule has 6 amide bonds. The van der Waals surface area contributed by atoms with Gasteiger partial charge in [0, 0.05) is 47.6 Å². The molecule has 1 saturated heterocycles. The highest BCUT2D eigenvalue weighted by Gasteiger charge is 2.45. The Bertz CT molecular complexity index is 2310. The number of imidazole rings is 1. The predicted octanol–water partition coefficient (Wildman–Crippen LogP) is 4.88. The quantitative estimate of drug-likeness (QED) is 0.0829. The summed E-state index contributed by atoms with van der Waals surface area (Å²) in [5.41, 5.74) is 3.76. The number of benzene rings is 3. The van der Waals surface area contributed by atoms with Crippen molar-refractivity contribution in [1.82, 2.24) is 24.9 Å². The van der Waals surface area contributed by atoms with Gasteiger partial charge >= 0.3 is 6.03 Å². The van der Waals surface area contributed by atoms with Crippen LogP contribution < -0.4 is 26.0 Å². The zero-order chi connectivity index (χ0) is 40.1. The van der Waals surface area contributed by atoms with Gasteiger partial charge in [-0.25, -0.2) is 9.78 Å². The summed E-state index contributed by atoms with van der Waals surface area (Å²) in [5, 5.41) is 14.7. The number of anilines is 3. The maximum atomic E-state index is 13.2. The van der Waals surface area contributed by atoms with Gasteiger partial charge in [-0.3, -0.25) is 39.3 Å². The van der Waals surface area contributed by atoms with Crippen molar-refractivity contribution in [3.63, 3.8) is 0 Å². The molecule has 0 aliphatic carbocycles. The highest BCUT2D eigenvalue weighted by atomic mass is 16.5. The number of amides is 6. The molecule has 17 nitrogen and oxygen atoms in total. The summed E-state index contributed by atoms with van der Waals surface area (Å²) in [6.45, 7) is 8.03. The van der Waals surface area contributed by atoms with Crippen molar-refractivity contribution in [1.29, 1.82) is 0 Å². The first kappa shape index (κ1) is 38.7. The van der Waals surface area contributed by atoms with E-state index < -0.39 is 35.7 Å². The molecule has 2 aliphatic heterocycles. The van der Waals surface area contributed by atoms with Gasteiger partial charge in [0.05, 0.1) is 48.6 Å². The normalized spacial score (nSPS) is 15.5. The van der Waals surface area contributed by atoms with E-state index in [9.17, 15) is 24.0 Å². The number of hydrogen-bond acceptors (Lipinski definition) is 12. The number of aromatic nitrogens is 3. The first-order valence-electron chi connectivity index (χ1n) is 18.5. The first-order valence-corrected chi connectivity index (χ1v) is 18.5. The Balaban J connectivity index is 0.796. The molecule has 2 aliphatic rings. The van der Waals surface area contributed by atoms with Gasteiger partial charge in [0.25, 0.3) is 11.8 Å². The average molecular weight is 779 g/mol. The second-order valence-corrected chi connectivity index (χ2v) is 14.4. The second kappa shape index (κ2) is 16.6. The number of imide groups is 2. The number of urea groups is 1. The van der Waals surface area contributed by atoms with Gasteiger partial charge in [-0.05, 0) is 55.0 Å². The van der Waals surface area contributed by atoms with E-state index in [4.69, 9.17) is 18.7 Å². The standard InChI is InChI=1S/C40H42N8O9/c1-40(2,3)32-22-33(46-57-32)44-39(53)43-24-7-9-25(10-8-24)47-23-42-29-21-26(11-12-30(29)47)56-20-19-55-18-17-54-16-15-41-28-6-4-5-27-35(28)38(52)48(37(27)51)31-13-14-34(49)45-36(31)50/h4-12,21-23,31,41H,13-20H2,1-3H3,(H,45,49,50)(H2,43,44,46,53). The first-order chi connectivity index (χ1) is 27.5. The second-order valence-electron chi connectivity index (χ2n) is 14.4. The smallest absolute Gasteiger partial charge is 0.324 e. The number of nitrogens with zero attached hydrogens (tertiary/aromatic N) is 4. The van der Waals surface area contributed by atoms with Crippen molar-refractivity contribution in [2.45, 2.75) is 45.1 Å². The third kappa shape index (κ3) is 8.79. The summed E-state index contributed by atoms with van der Waals surface area (Å²) >= 11 is 0. The molecule has 5 aromatic rings. The van der Waals surface area contributed by atoms with E-state index in [1.54, 1.807) is 42.7 Å². The average Bonchev–Trinajstić information content (AvgIpc) is 3.89. The van der Waals surface area contributed by atoms with E-state index in [-0.39, 0.29) is 29.4 Å². The van der Waals surface area contributed by atoms with Crippen molar-refractivity contribution >= 4 is 57.9 Å². The van der Waals surface area contributed by atoms with Gasteiger partial charge < -0.3 is 29.4 Å². The zero-order valence-corrected chi connectivity index (χ0v) is 31.6. The van der Waals surface area contributed by atoms with Crippen LogP contribution in [0, 0.1) is 0 Å². The number of fused-ring (bicyclic) bond motifs is 2. The number of piperidine rings is 1. The summed E-state index contributed by atoms with van der Waals surface area (Å²) in [5.74, 6) is -0.544. The lowest BCUT2D eigenvalue weighted by Gasteiger charge is -2.27. The van der Waals surface area contributed by atoms with Crippen LogP contribution in [0.5, 0.6) is 5.75 Å². The summed E-state index contributed by atoms with van der Waals surface area (Å²) < 4.78 is 24.4. The van der Waals surface area contributed by atoms with Crippen LogP contribution in [0.1, 0.15) is 60.1 Å². The number of ether oxygens (including phenoxy) is 3. The van der Waals surface area contributed by atoms with Gasteiger partial charge in [0.15, 0.2) is 5.82 Å². The number of rotatable bonds is 15. The Labute approximate surface area is 327 Å². The van der Waals surface area contributed by atoms with Crippen LogP contribution in [0.3, 0.4) is 0 Å². The Morgan fingerprint density at radius 3 is 2.44 bits per heavy atom. The minimum Gasteiger partial charge on any atom is -0.491 e. The zero-order valence-electron chi connectivity index (χ0n) is 31.6. The van der Waals surface area contributed by atoms with E-state index in [0.29, 0.717) is 68.3 Å². The lowest BCUT2D eigenvalue weighted by atomic mass is 9.93. The molecule has 0 spiro atoms. The Morgan fingerprint density at radius 1 is 0.912 bits per heavy atom. The van der Waals surface area contributed by atoms with Crippen molar-refractivity contribution in [3.8, 4) is 11.4 Å². The molecule has 2 aromatic heterocycles.